The molecule has 0 aromatic carbocycles. The third kappa shape index (κ3) is 3.73. The molecule has 0 fully saturated rings. The van der Waals surface area contributed by atoms with Crippen LogP contribution in [0.4, 0.5) is 0 Å². The number of aromatic nitrogens is 3. The lowest BCUT2D eigenvalue weighted by molar-refractivity contribution is -0.139. The number of H-pyrrole nitrogens is 1. The van der Waals surface area contributed by atoms with E-state index in [9.17, 15) is 24.3 Å². The standard InChI is InChI=1S/C13H16N4O5S2/c1-6(18)17-7(2)23-4-8(9(17)12(21)22)5-24-13-14-10(19)11(20)15-16(13)3/h7H,4-5H2,1-3H3,(H,15,20)(H,21,22)/t7-/m1/s1. The Morgan fingerprint density at radius 1 is 1.46 bits per heavy atom. The van der Waals surface area contributed by atoms with Crippen molar-refractivity contribution in [3.63, 3.8) is 0 Å². The fraction of sp³-hybridized carbons (Fsp3) is 0.462. The minimum absolute atomic E-state index is 0.0318. The number of hydrogen-bond acceptors (Lipinski definition) is 7. The molecule has 1 atom stereocenters. The van der Waals surface area contributed by atoms with Gasteiger partial charge in [0, 0.05) is 25.5 Å². The summed E-state index contributed by atoms with van der Waals surface area (Å²) in [5, 5.41) is 11.8. The predicted molar refractivity (Wildman–Crippen MR) is 89.9 cm³/mol. The summed E-state index contributed by atoms with van der Waals surface area (Å²) < 4.78 is 1.30. The van der Waals surface area contributed by atoms with E-state index in [1.54, 1.807) is 6.92 Å². The Morgan fingerprint density at radius 3 is 2.71 bits per heavy atom. The number of aromatic amines is 1. The van der Waals surface area contributed by atoms with E-state index in [0.717, 1.165) is 11.8 Å². The van der Waals surface area contributed by atoms with Gasteiger partial charge in [-0.2, -0.15) is 4.98 Å². The van der Waals surface area contributed by atoms with Crippen LogP contribution in [-0.4, -0.2) is 53.5 Å². The van der Waals surface area contributed by atoms with Crippen molar-refractivity contribution in [1.82, 2.24) is 19.7 Å². The number of carboxylic acid groups (broad SMARTS) is 1. The fourth-order valence-electron chi connectivity index (χ4n) is 2.24. The van der Waals surface area contributed by atoms with Crippen molar-refractivity contribution in [2.45, 2.75) is 24.4 Å². The van der Waals surface area contributed by atoms with Crippen LogP contribution in [0.15, 0.2) is 26.0 Å². The van der Waals surface area contributed by atoms with Crippen LogP contribution in [0.25, 0.3) is 0 Å². The zero-order chi connectivity index (χ0) is 18.0. The van der Waals surface area contributed by atoms with E-state index in [-0.39, 0.29) is 27.9 Å². The highest BCUT2D eigenvalue weighted by molar-refractivity contribution is 8.00. The maximum Gasteiger partial charge on any atom is 0.352 e. The molecule has 24 heavy (non-hydrogen) atoms. The molecule has 1 aromatic rings. The van der Waals surface area contributed by atoms with Crippen molar-refractivity contribution < 1.29 is 14.7 Å². The summed E-state index contributed by atoms with van der Waals surface area (Å²) in [6, 6.07) is 0. The number of carbonyl (C=O) groups excluding carboxylic acids is 1. The van der Waals surface area contributed by atoms with Crippen LogP contribution >= 0.6 is 23.5 Å². The molecule has 2 N–H and O–H groups in total. The van der Waals surface area contributed by atoms with Gasteiger partial charge in [-0.3, -0.25) is 29.1 Å². The predicted octanol–water partition coefficient (Wildman–Crippen LogP) is -0.159. The van der Waals surface area contributed by atoms with Crippen molar-refractivity contribution in [2.24, 2.45) is 7.05 Å². The molecule has 0 unspecified atom stereocenters. The van der Waals surface area contributed by atoms with Gasteiger partial charge in [0.15, 0.2) is 5.16 Å². The van der Waals surface area contributed by atoms with E-state index in [4.69, 9.17) is 0 Å². The Balaban J connectivity index is 2.34. The van der Waals surface area contributed by atoms with Crippen LogP contribution in [0.1, 0.15) is 13.8 Å². The van der Waals surface area contributed by atoms with Crippen molar-refractivity contribution >= 4 is 35.4 Å². The topological polar surface area (TPSA) is 125 Å². The third-order valence-corrected chi connectivity index (χ3v) is 5.63. The van der Waals surface area contributed by atoms with E-state index in [0.29, 0.717) is 11.3 Å². The highest BCUT2D eigenvalue weighted by atomic mass is 32.2. The van der Waals surface area contributed by atoms with Gasteiger partial charge in [0.05, 0.1) is 5.37 Å². The second-order valence-corrected chi connectivity index (χ2v) is 7.29. The minimum atomic E-state index is -1.17. The van der Waals surface area contributed by atoms with Crippen molar-refractivity contribution in [1.29, 1.82) is 0 Å². The minimum Gasteiger partial charge on any atom is -0.477 e. The van der Waals surface area contributed by atoms with Gasteiger partial charge in [-0.15, -0.1) is 11.8 Å². The Kier molecular flexibility index (Phi) is 5.54. The normalized spacial score (nSPS) is 18.0. The number of amides is 1. The number of thioether (sulfide) groups is 2. The smallest absolute Gasteiger partial charge is 0.352 e. The van der Waals surface area contributed by atoms with Crippen molar-refractivity contribution in [3.8, 4) is 0 Å². The fourth-order valence-corrected chi connectivity index (χ4v) is 4.38. The molecule has 0 radical (unpaired) electrons. The summed E-state index contributed by atoms with van der Waals surface area (Å²) in [5.74, 6) is -0.825. The molecule has 0 spiro atoms. The van der Waals surface area contributed by atoms with Gasteiger partial charge in [0.2, 0.25) is 5.91 Å². The van der Waals surface area contributed by atoms with Crippen LogP contribution in [0, 0.1) is 0 Å². The highest BCUT2D eigenvalue weighted by Crippen LogP contribution is 2.33. The van der Waals surface area contributed by atoms with Gasteiger partial charge < -0.3 is 5.11 Å². The van der Waals surface area contributed by atoms with Crippen LogP contribution in [0.3, 0.4) is 0 Å². The maximum atomic E-state index is 11.8. The van der Waals surface area contributed by atoms with Gasteiger partial charge in [-0.05, 0) is 12.5 Å². The van der Waals surface area contributed by atoms with Gasteiger partial charge >= 0.3 is 17.1 Å². The molecule has 2 rings (SSSR count). The molecule has 0 saturated carbocycles. The van der Waals surface area contributed by atoms with Crippen LogP contribution in [-0.2, 0) is 16.6 Å². The Hall–Kier alpha value is -2.01. The zero-order valence-corrected chi connectivity index (χ0v) is 14.9. The summed E-state index contributed by atoms with van der Waals surface area (Å²) >= 11 is 2.57. The summed E-state index contributed by atoms with van der Waals surface area (Å²) in [6.07, 6.45) is 0. The Labute approximate surface area is 145 Å². The average Bonchev–Trinajstić information content (AvgIpc) is 2.49. The van der Waals surface area contributed by atoms with E-state index in [2.05, 4.69) is 10.1 Å². The monoisotopic (exact) mass is 372 g/mol. The number of hydrogen-bond donors (Lipinski definition) is 2. The molecule has 1 amide bonds. The molecular formula is C13H16N4O5S2. The Bertz CT molecular complexity index is 828. The first-order chi connectivity index (χ1) is 11.2. The zero-order valence-electron chi connectivity index (χ0n) is 13.2. The van der Waals surface area contributed by atoms with E-state index >= 15 is 0 Å². The van der Waals surface area contributed by atoms with Gasteiger partial charge in [-0.1, -0.05) is 11.8 Å². The molecule has 2 heterocycles. The molecule has 1 aliphatic rings. The SMILES string of the molecule is CC(=O)N1C(C(=O)O)=C(CSc2nc(=O)c(=O)[nH]n2C)CS[C@@H]1C. The number of carboxylic acids is 1. The quantitative estimate of drug-likeness (QED) is 0.552. The maximum absolute atomic E-state index is 11.8. The number of carbonyl (C=O) groups is 2. The second kappa shape index (κ2) is 7.26. The summed E-state index contributed by atoms with van der Waals surface area (Å²) in [6.45, 7) is 3.09. The first-order valence-electron chi connectivity index (χ1n) is 6.89. The summed E-state index contributed by atoms with van der Waals surface area (Å²) in [5.41, 5.74) is -1.20. The van der Waals surface area contributed by atoms with E-state index < -0.39 is 17.1 Å². The second-order valence-electron chi connectivity index (χ2n) is 5.04. The van der Waals surface area contributed by atoms with Crippen molar-refractivity contribution in [3.05, 3.63) is 32.0 Å². The largest absolute Gasteiger partial charge is 0.477 e. The van der Waals surface area contributed by atoms with Crippen LogP contribution in [0.2, 0.25) is 0 Å². The molecule has 0 bridgehead atoms. The number of nitrogens with zero attached hydrogens (tertiary/aromatic N) is 3. The lowest BCUT2D eigenvalue weighted by atomic mass is 10.2. The molecule has 11 heteroatoms. The Morgan fingerprint density at radius 2 is 2.12 bits per heavy atom. The number of nitrogens with one attached hydrogen (secondary N) is 1. The summed E-state index contributed by atoms with van der Waals surface area (Å²) in [4.78, 5) is 50.9. The number of aryl methyl sites for hydroxylation is 1. The van der Waals surface area contributed by atoms with Crippen molar-refractivity contribution in [2.75, 3.05) is 11.5 Å². The number of aliphatic carboxylic acids is 1. The van der Waals surface area contributed by atoms with Crippen LogP contribution < -0.4 is 11.1 Å². The summed E-state index contributed by atoms with van der Waals surface area (Å²) in [7, 11) is 1.53. The van der Waals surface area contributed by atoms with Gasteiger partial charge in [-0.25, -0.2) is 4.79 Å². The molecule has 9 nitrogen and oxygen atoms in total. The average molecular weight is 372 g/mol. The molecule has 130 valence electrons. The van der Waals surface area contributed by atoms with E-state index in [1.807, 2.05) is 0 Å². The lowest BCUT2D eigenvalue weighted by Gasteiger charge is -2.34. The van der Waals surface area contributed by atoms with Gasteiger partial charge in [0.25, 0.3) is 0 Å². The molecule has 1 aliphatic heterocycles. The lowest BCUT2D eigenvalue weighted by Crippen LogP contribution is -2.41. The first-order valence-corrected chi connectivity index (χ1v) is 8.92. The third-order valence-electron chi connectivity index (χ3n) is 3.30. The van der Waals surface area contributed by atoms with Gasteiger partial charge in [0.1, 0.15) is 5.70 Å². The highest BCUT2D eigenvalue weighted by Gasteiger charge is 2.33. The van der Waals surface area contributed by atoms with E-state index in [1.165, 1.54) is 35.3 Å². The number of rotatable bonds is 4. The van der Waals surface area contributed by atoms with Crippen LogP contribution in [0.5, 0.6) is 0 Å². The molecular weight excluding hydrogens is 356 g/mol. The first kappa shape index (κ1) is 18.3. The molecule has 0 saturated heterocycles. The molecule has 1 aromatic heterocycles. The molecule has 0 aliphatic carbocycles.